The molecule has 0 radical (unpaired) electrons. The minimum atomic E-state index is 0.324. The molecule has 1 aliphatic rings. The number of halogens is 2. The van der Waals surface area contributed by atoms with E-state index >= 15 is 0 Å². The van der Waals surface area contributed by atoms with Crippen molar-refractivity contribution in [3.8, 4) is 0 Å². The van der Waals surface area contributed by atoms with Gasteiger partial charge in [0, 0.05) is 13.1 Å². The van der Waals surface area contributed by atoms with Crippen LogP contribution in [0.1, 0.15) is 5.56 Å². The van der Waals surface area contributed by atoms with Gasteiger partial charge in [-0.25, -0.2) is 0 Å². The highest BCUT2D eigenvalue weighted by Crippen LogP contribution is 2.26. The maximum Gasteiger partial charge on any atom is 0.0828 e. The number of rotatable bonds is 3. The van der Waals surface area contributed by atoms with Crippen molar-refractivity contribution in [3.05, 3.63) is 33.8 Å². The van der Waals surface area contributed by atoms with Crippen LogP contribution in [0.2, 0.25) is 10.0 Å². The molecule has 2 rings (SSSR count). The SMILES string of the molecule is Clc1cccc(COC2CNC2)c1Cl. The molecule has 0 spiro atoms. The van der Waals surface area contributed by atoms with Gasteiger partial charge in [0.25, 0.3) is 0 Å². The molecule has 1 aromatic rings. The third-order valence-corrected chi connectivity index (χ3v) is 3.11. The summed E-state index contributed by atoms with van der Waals surface area (Å²) in [5.74, 6) is 0. The van der Waals surface area contributed by atoms with Crippen molar-refractivity contribution < 1.29 is 4.74 Å². The van der Waals surface area contributed by atoms with E-state index in [4.69, 9.17) is 27.9 Å². The van der Waals surface area contributed by atoms with E-state index in [1.165, 1.54) is 0 Å². The molecular weight excluding hydrogens is 221 g/mol. The van der Waals surface area contributed by atoms with E-state index < -0.39 is 0 Å². The van der Waals surface area contributed by atoms with Gasteiger partial charge in [-0.2, -0.15) is 0 Å². The maximum absolute atomic E-state index is 6.01. The predicted molar refractivity (Wildman–Crippen MR) is 57.9 cm³/mol. The Bertz CT molecular complexity index is 326. The summed E-state index contributed by atoms with van der Waals surface area (Å²) in [4.78, 5) is 0. The molecule has 0 bridgehead atoms. The van der Waals surface area contributed by atoms with Gasteiger partial charge in [-0.15, -0.1) is 0 Å². The summed E-state index contributed by atoms with van der Waals surface area (Å²) < 4.78 is 5.59. The van der Waals surface area contributed by atoms with Crippen LogP contribution in [0.4, 0.5) is 0 Å². The lowest BCUT2D eigenvalue weighted by Gasteiger charge is -2.27. The van der Waals surface area contributed by atoms with Gasteiger partial charge in [0.2, 0.25) is 0 Å². The van der Waals surface area contributed by atoms with Crippen molar-refractivity contribution >= 4 is 23.2 Å². The molecule has 14 heavy (non-hydrogen) atoms. The summed E-state index contributed by atoms with van der Waals surface area (Å²) >= 11 is 11.9. The predicted octanol–water partition coefficient (Wildman–Crippen LogP) is 2.48. The topological polar surface area (TPSA) is 21.3 Å². The van der Waals surface area contributed by atoms with Crippen LogP contribution in [0.25, 0.3) is 0 Å². The summed E-state index contributed by atoms with van der Waals surface area (Å²) in [5, 5.41) is 4.32. The maximum atomic E-state index is 6.01. The molecule has 76 valence electrons. The van der Waals surface area contributed by atoms with Crippen LogP contribution >= 0.6 is 23.2 Å². The Balaban J connectivity index is 1.97. The minimum absolute atomic E-state index is 0.324. The van der Waals surface area contributed by atoms with Crippen molar-refractivity contribution in [2.45, 2.75) is 12.7 Å². The van der Waals surface area contributed by atoms with Gasteiger partial charge >= 0.3 is 0 Å². The molecule has 0 atom stereocenters. The molecule has 1 aliphatic heterocycles. The smallest absolute Gasteiger partial charge is 0.0828 e. The lowest BCUT2D eigenvalue weighted by molar-refractivity contribution is 0.00762. The molecule has 0 saturated carbocycles. The monoisotopic (exact) mass is 231 g/mol. The lowest BCUT2D eigenvalue weighted by Crippen LogP contribution is -2.48. The Morgan fingerprint density at radius 3 is 2.79 bits per heavy atom. The van der Waals surface area contributed by atoms with Gasteiger partial charge in [0.15, 0.2) is 0 Å². The Hall–Kier alpha value is -0.280. The van der Waals surface area contributed by atoms with Gasteiger partial charge in [0.05, 0.1) is 22.8 Å². The van der Waals surface area contributed by atoms with Crippen molar-refractivity contribution in [2.24, 2.45) is 0 Å². The quantitative estimate of drug-likeness (QED) is 0.864. The molecule has 2 nitrogen and oxygen atoms in total. The van der Waals surface area contributed by atoms with Crippen LogP contribution in [0.15, 0.2) is 18.2 Å². The van der Waals surface area contributed by atoms with Gasteiger partial charge in [0.1, 0.15) is 0 Å². The number of ether oxygens (including phenoxy) is 1. The van der Waals surface area contributed by atoms with E-state index in [-0.39, 0.29) is 0 Å². The zero-order valence-corrected chi connectivity index (χ0v) is 9.11. The van der Waals surface area contributed by atoms with Gasteiger partial charge in [-0.1, -0.05) is 35.3 Å². The summed E-state index contributed by atoms with van der Waals surface area (Å²) in [5.41, 5.74) is 0.950. The van der Waals surface area contributed by atoms with Gasteiger partial charge in [-0.3, -0.25) is 0 Å². The molecule has 0 amide bonds. The third-order valence-electron chi connectivity index (χ3n) is 2.25. The Labute approximate surface area is 93.2 Å². The largest absolute Gasteiger partial charge is 0.371 e. The van der Waals surface area contributed by atoms with Gasteiger partial charge < -0.3 is 10.1 Å². The highest BCUT2D eigenvalue weighted by atomic mass is 35.5. The van der Waals surface area contributed by atoms with Crippen LogP contribution in [0, 0.1) is 0 Å². The number of nitrogens with one attached hydrogen (secondary N) is 1. The standard InChI is InChI=1S/C10H11Cl2NO/c11-9-3-1-2-7(10(9)12)6-14-8-4-13-5-8/h1-3,8,13H,4-6H2. The van der Waals surface area contributed by atoms with Crippen LogP contribution in [0.5, 0.6) is 0 Å². The number of hydrogen-bond acceptors (Lipinski definition) is 2. The fourth-order valence-electron chi connectivity index (χ4n) is 1.25. The van der Waals surface area contributed by atoms with Crippen molar-refractivity contribution in [1.29, 1.82) is 0 Å². The molecule has 0 aromatic heterocycles. The molecule has 0 aliphatic carbocycles. The summed E-state index contributed by atoms with van der Waals surface area (Å²) in [6.45, 7) is 2.39. The van der Waals surface area contributed by atoms with Gasteiger partial charge in [-0.05, 0) is 11.6 Å². The highest BCUT2D eigenvalue weighted by Gasteiger charge is 2.17. The molecule has 1 heterocycles. The minimum Gasteiger partial charge on any atom is -0.371 e. The highest BCUT2D eigenvalue weighted by molar-refractivity contribution is 6.42. The molecule has 1 aromatic carbocycles. The van der Waals surface area contributed by atoms with Crippen molar-refractivity contribution in [1.82, 2.24) is 5.32 Å². The Morgan fingerprint density at radius 1 is 1.36 bits per heavy atom. The molecule has 0 unspecified atom stereocenters. The zero-order valence-electron chi connectivity index (χ0n) is 7.59. The van der Waals surface area contributed by atoms with Crippen molar-refractivity contribution in [3.63, 3.8) is 0 Å². The van der Waals surface area contributed by atoms with E-state index in [2.05, 4.69) is 5.32 Å². The van der Waals surface area contributed by atoms with E-state index in [1.807, 2.05) is 12.1 Å². The third kappa shape index (κ3) is 2.20. The molecular formula is C10H11Cl2NO. The van der Waals surface area contributed by atoms with E-state index in [0.29, 0.717) is 22.8 Å². The van der Waals surface area contributed by atoms with E-state index in [1.54, 1.807) is 6.07 Å². The fraction of sp³-hybridized carbons (Fsp3) is 0.400. The molecule has 1 N–H and O–H groups in total. The first kappa shape index (κ1) is 10.2. The van der Waals surface area contributed by atoms with E-state index in [0.717, 1.165) is 18.7 Å². The Kier molecular flexibility index (Phi) is 3.29. The van der Waals surface area contributed by atoms with Crippen LogP contribution in [-0.4, -0.2) is 19.2 Å². The average molecular weight is 232 g/mol. The van der Waals surface area contributed by atoms with E-state index in [9.17, 15) is 0 Å². The summed E-state index contributed by atoms with van der Waals surface area (Å²) in [6, 6.07) is 5.59. The second kappa shape index (κ2) is 4.49. The van der Waals surface area contributed by atoms with Crippen LogP contribution in [0.3, 0.4) is 0 Å². The second-order valence-corrected chi connectivity index (χ2v) is 4.09. The lowest BCUT2D eigenvalue weighted by atomic mass is 10.2. The fourth-order valence-corrected chi connectivity index (χ4v) is 1.62. The first-order chi connectivity index (χ1) is 6.77. The number of benzene rings is 1. The molecule has 1 saturated heterocycles. The molecule has 4 heteroatoms. The number of hydrogen-bond donors (Lipinski definition) is 1. The second-order valence-electron chi connectivity index (χ2n) is 3.30. The first-order valence-electron chi connectivity index (χ1n) is 4.52. The first-order valence-corrected chi connectivity index (χ1v) is 5.28. The summed E-state index contributed by atoms with van der Waals surface area (Å²) in [7, 11) is 0. The van der Waals surface area contributed by atoms with Crippen LogP contribution < -0.4 is 5.32 Å². The summed E-state index contributed by atoms with van der Waals surface area (Å²) in [6.07, 6.45) is 0.324. The van der Waals surface area contributed by atoms with Crippen molar-refractivity contribution in [2.75, 3.05) is 13.1 Å². The average Bonchev–Trinajstić information content (AvgIpc) is 2.09. The zero-order chi connectivity index (χ0) is 9.97. The Morgan fingerprint density at radius 2 is 2.14 bits per heavy atom. The van der Waals surface area contributed by atoms with Crippen LogP contribution in [-0.2, 0) is 11.3 Å². The normalized spacial score (nSPS) is 16.7. The molecule has 1 fully saturated rings.